The smallest absolute Gasteiger partial charge is 0.285 e. The summed E-state index contributed by atoms with van der Waals surface area (Å²) in [5.74, 6) is -0.773. The first-order chi connectivity index (χ1) is 12.8. The Bertz CT molecular complexity index is 1030. The van der Waals surface area contributed by atoms with Gasteiger partial charge in [-0.2, -0.15) is 8.42 Å². The summed E-state index contributed by atoms with van der Waals surface area (Å²) in [7, 11) is -2.20. The lowest BCUT2D eigenvalue weighted by molar-refractivity contribution is -0.122. The predicted octanol–water partition coefficient (Wildman–Crippen LogP) is 0.837. The van der Waals surface area contributed by atoms with E-state index in [4.69, 9.17) is 0 Å². The molecule has 27 heavy (non-hydrogen) atoms. The molecule has 0 radical (unpaired) electrons. The number of fused-ring (bicyclic) bond motifs is 1. The number of nitrogens with zero attached hydrogens (tertiary/aromatic N) is 2. The van der Waals surface area contributed by atoms with Gasteiger partial charge in [0.2, 0.25) is 0 Å². The molecule has 0 bridgehead atoms. The third kappa shape index (κ3) is 3.98. The molecule has 2 N–H and O–H groups in total. The average molecular weight is 386 g/mol. The number of hydrogen-bond acceptors (Lipinski definition) is 5. The maximum Gasteiger partial charge on any atom is 0.285 e. The van der Waals surface area contributed by atoms with E-state index in [0.29, 0.717) is 11.1 Å². The average Bonchev–Trinajstić information content (AvgIpc) is 2.92. The van der Waals surface area contributed by atoms with Crippen molar-refractivity contribution in [3.8, 4) is 0 Å². The molecule has 9 heteroatoms. The van der Waals surface area contributed by atoms with Gasteiger partial charge in [0, 0.05) is 18.2 Å². The Morgan fingerprint density at radius 1 is 1.04 bits per heavy atom. The number of benzene rings is 2. The Balaban J connectivity index is 1.62. The van der Waals surface area contributed by atoms with Crippen molar-refractivity contribution in [3.05, 3.63) is 65.2 Å². The van der Waals surface area contributed by atoms with E-state index in [0.717, 1.165) is 5.56 Å². The molecule has 0 fully saturated rings. The molecule has 0 aliphatic carbocycles. The molecule has 2 amide bonds. The number of hydrazine groups is 1. The number of amidine groups is 1. The van der Waals surface area contributed by atoms with Crippen molar-refractivity contribution in [3.63, 3.8) is 0 Å². The molecule has 0 unspecified atom stereocenters. The van der Waals surface area contributed by atoms with E-state index < -0.39 is 21.8 Å². The van der Waals surface area contributed by atoms with Gasteiger partial charge < -0.3 is 4.90 Å². The number of rotatable bonds is 3. The molecule has 2 aromatic carbocycles. The van der Waals surface area contributed by atoms with Gasteiger partial charge in [-0.15, -0.1) is 4.40 Å². The van der Waals surface area contributed by atoms with Crippen LogP contribution in [0.3, 0.4) is 0 Å². The maximum absolute atomic E-state index is 12.1. The zero-order chi connectivity index (χ0) is 19.6. The lowest BCUT2D eigenvalue weighted by atomic mass is 10.1. The molecule has 1 heterocycles. The van der Waals surface area contributed by atoms with Crippen molar-refractivity contribution in [2.45, 2.75) is 11.8 Å². The van der Waals surface area contributed by atoms with E-state index in [2.05, 4.69) is 15.2 Å². The second kappa shape index (κ2) is 7.20. The third-order valence-corrected chi connectivity index (χ3v) is 5.31. The Morgan fingerprint density at radius 3 is 2.41 bits per heavy atom. The quantitative estimate of drug-likeness (QED) is 0.760. The fourth-order valence-electron chi connectivity index (χ4n) is 2.60. The van der Waals surface area contributed by atoms with Crippen LogP contribution in [0.25, 0.3) is 0 Å². The highest BCUT2D eigenvalue weighted by Crippen LogP contribution is 2.26. The minimum absolute atomic E-state index is 0.111. The summed E-state index contributed by atoms with van der Waals surface area (Å²) in [5, 5.41) is 0. The topological polar surface area (TPSA) is 108 Å². The van der Waals surface area contributed by atoms with Gasteiger partial charge >= 0.3 is 0 Å². The highest BCUT2D eigenvalue weighted by Gasteiger charge is 2.30. The summed E-state index contributed by atoms with van der Waals surface area (Å²) in [5.41, 5.74) is 6.51. The molecule has 0 aromatic heterocycles. The molecule has 0 atom stereocenters. The van der Waals surface area contributed by atoms with Crippen LogP contribution in [0.5, 0.6) is 0 Å². The Morgan fingerprint density at radius 2 is 1.70 bits per heavy atom. The number of amides is 2. The largest absolute Gasteiger partial charge is 0.349 e. The first kappa shape index (κ1) is 18.6. The summed E-state index contributed by atoms with van der Waals surface area (Å²) >= 11 is 0. The summed E-state index contributed by atoms with van der Waals surface area (Å²) in [6.45, 7) is 1.72. The number of sulfonamides is 1. The van der Waals surface area contributed by atoms with E-state index >= 15 is 0 Å². The Hall–Kier alpha value is -3.20. The van der Waals surface area contributed by atoms with Crippen LogP contribution in [0.2, 0.25) is 0 Å². The number of aryl methyl sites for hydroxylation is 1. The van der Waals surface area contributed by atoms with Gasteiger partial charge in [-0.1, -0.05) is 29.8 Å². The summed E-state index contributed by atoms with van der Waals surface area (Å²) in [4.78, 5) is 25.6. The summed E-state index contributed by atoms with van der Waals surface area (Å²) < 4.78 is 27.9. The van der Waals surface area contributed by atoms with Crippen LogP contribution in [0.15, 0.2) is 57.8 Å². The molecule has 1 aliphatic heterocycles. The Labute approximate surface area is 156 Å². The number of nitrogens with one attached hydrogen (secondary N) is 2. The molecule has 0 saturated carbocycles. The van der Waals surface area contributed by atoms with Gasteiger partial charge in [0.25, 0.3) is 21.8 Å². The number of likely N-dealkylation sites (N-methyl/N-ethyl adjacent to an activating group) is 1. The van der Waals surface area contributed by atoms with Gasteiger partial charge in [-0.3, -0.25) is 20.4 Å². The van der Waals surface area contributed by atoms with Crippen molar-refractivity contribution in [2.24, 2.45) is 4.40 Å². The van der Waals surface area contributed by atoms with Crippen LogP contribution in [0.4, 0.5) is 0 Å². The first-order valence-electron chi connectivity index (χ1n) is 8.09. The fraction of sp³-hybridized carbons (Fsp3) is 0.167. The van der Waals surface area contributed by atoms with Crippen molar-refractivity contribution < 1.29 is 18.0 Å². The molecule has 3 rings (SSSR count). The van der Waals surface area contributed by atoms with Crippen molar-refractivity contribution >= 4 is 27.7 Å². The van der Waals surface area contributed by atoms with E-state index in [1.54, 1.807) is 49.5 Å². The predicted molar refractivity (Wildman–Crippen MR) is 99.6 cm³/mol. The van der Waals surface area contributed by atoms with Crippen LogP contribution in [0.1, 0.15) is 21.5 Å². The minimum atomic E-state index is -3.76. The van der Waals surface area contributed by atoms with Crippen molar-refractivity contribution in [1.29, 1.82) is 0 Å². The van der Waals surface area contributed by atoms with Crippen LogP contribution in [-0.4, -0.2) is 44.6 Å². The number of carbonyl (C=O) groups excluding carboxylic acids is 2. The second-order valence-electron chi connectivity index (χ2n) is 6.11. The van der Waals surface area contributed by atoms with Crippen molar-refractivity contribution in [2.75, 3.05) is 13.6 Å². The lowest BCUT2D eigenvalue weighted by Gasteiger charge is -2.18. The van der Waals surface area contributed by atoms with E-state index in [9.17, 15) is 18.0 Å². The molecule has 1 aliphatic rings. The molecule has 8 nitrogen and oxygen atoms in total. The van der Waals surface area contributed by atoms with Crippen LogP contribution in [0, 0.1) is 6.92 Å². The van der Waals surface area contributed by atoms with Gasteiger partial charge in [0.1, 0.15) is 4.90 Å². The van der Waals surface area contributed by atoms with Gasteiger partial charge in [0.15, 0.2) is 5.84 Å². The standard InChI is InChI=1S/C18H18N4O4S/c1-12-7-9-13(10-8-12)18(24)20-19-16(23)11-22(2)17-14-5-3-4-6-15(14)27(25,26)21-17/h3-10H,11H2,1-2H3,(H,19,23)(H,20,24). The first-order valence-corrected chi connectivity index (χ1v) is 9.53. The Kier molecular flexibility index (Phi) is 4.95. The second-order valence-corrected chi connectivity index (χ2v) is 7.68. The van der Waals surface area contributed by atoms with Crippen LogP contribution < -0.4 is 10.9 Å². The monoisotopic (exact) mass is 386 g/mol. The third-order valence-electron chi connectivity index (χ3n) is 3.98. The van der Waals surface area contributed by atoms with Gasteiger partial charge in [0.05, 0.1) is 6.54 Å². The summed E-state index contributed by atoms with van der Waals surface area (Å²) in [6.07, 6.45) is 0. The van der Waals surface area contributed by atoms with E-state index in [1.165, 1.54) is 11.0 Å². The maximum atomic E-state index is 12.1. The van der Waals surface area contributed by atoms with Crippen molar-refractivity contribution in [1.82, 2.24) is 15.8 Å². The van der Waals surface area contributed by atoms with Crippen LogP contribution in [-0.2, 0) is 14.8 Å². The van der Waals surface area contributed by atoms with Crippen LogP contribution >= 0.6 is 0 Å². The summed E-state index contributed by atoms with van der Waals surface area (Å²) in [6, 6.07) is 13.3. The molecular formula is C18H18N4O4S. The SMILES string of the molecule is Cc1ccc(C(=O)NNC(=O)CN(C)C2=NS(=O)(=O)c3ccccc32)cc1. The normalized spacial score (nSPS) is 14.1. The lowest BCUT2D eigenvalue weighted by Crippen LogP contribution is -2.46. The molecule has 0 saturated heterocycles. The van der Waals surface area contributed by atoms with E-state index in [1.807, 2.05) is 6.92 Å². The number of hydrogen-bond donors (Lipinski definition) is 2. The fourth-order valence-corrected chi connectivity index (χ4v) is 3.85. The number of carbonyl (C=O) groups is 2. The zero-order valence-corrected chi connectivity index (χ0v) is 15.6. The highest BCUT2D eigenvalue weighted by atomic mass is 32.2. The highest BCUT2D eigenvalue weighted by molar-refractivity contribution is 7.90. The molecular weight excluding hydrogens is 368 g/mol. The zero-order valence-electron chi connectivity index (χ0n) is 14.8. The van der Waals surface area contributed by atoms with Gasteiger partial charge in [-0.05, 0) is 31.2 Å². The molecule has 2 aromatic rings. The van der Waals surface area contributed by atoms with E-state index in [-0.39, 0.29) is 17.3 Å². The minimum Gasteiger partial charge on any atom is -0.349 e. The molecule has 140 valence electrons. The molecule has 0 spiro atoms. The van der Waals surface area contributed by atoms with Gasteiger partial charge in [-0.25, -0.2) is 0 Å².